The third-order valence-corrected chi connectivity index (χ3v) is 1.74. The Hall–Kier alpha value is -0.610. The minimum absolute atomic E-state index is 0.0437. The monoisotopic (exact) mass is 202 g/mol. The van der Waals surface area contributed by atoms with Crippen molar-refractivity contribution in [2.24, 2.45) is 5.92 Å². The van der Waals surface area contributed by atoms with Crippen LogP contribution in [0.3, 0.4) is 0 Å². The average molecular weight is 202 g/mol. The zero-order valence-electron chi connectivity index (χ0n) is 9.58. The van der Waals surface area contributed by atoms with Gasteiger partial charge in [-0.2, -0.15) is 0 Å². The van der Waals surface area contributed by atoms with Crippen LogP contribution in [0.5, 0.6) is 0 Å². The molecular formula is C10H22N2O2. The summed E-state index contributed by atoms with van der Waals surface area (Å²) in [7, 11) is 3.67. The average Bonchev–Trinajstić information content (AvgIpc) is 1.98. The van der Waals surface area contributed by atoms with Crippen molar-refractivity contribution in [3.05, 3.63) is 0 Å². The summed E-state index contributed by atoms with van der Waals surface area (Å²) >= 11 is 0. The molecule has 4 nitrogen and oxygen atoms in total. The van der Waals surface area contributed by atoms with Crippen LogP contribution < -0.4 is 5.32 Å². The Morgan fingerprint density at radius 2 is 2.00 bits per heavy atom. The molecule has 0 heterocycles. The zero-order chi connectivity index (χ0) is 11.1. The molecule has 0 fully saturated rings. The van der Waals surface area contributed by atoms with Crippen LogP contribution in [0.1, 0.15) is 20.3 Å². The van der Waals surface area contributed by atoms with Crippen molar-refractivity contribution < 1.29 is 9.90 Å². The fourth-order valence-corrected chi connectivity index (χ4v) is 1.20. The van der Waals surface area contributed by atoms with Crippen LogP contribution in [-0.4, -0.2) is 49.2 Å². The fourth-order valence-electron chi connectivity index (χ4n) is 1.20. The molecule has 4 heteroatoms. The Kier molecular flexibility index (Phi) is 6.49. The summed E-state index contributed by atoms with van der Waals surface area (Å²) in [6.07, 6.45) is 0.295. The van der Waals surface area contributed by atoms with Gasteiger partial charge in [0.15, 0.2) is 0 Å². The van der Waals surface area contributed by atoms with Gasteiger partial charge in [-0.05, 0) is 26.4 Å². The summed E-state index contributed by atoms with van der Waals surface area (Å²) in [5.74, 6) is 0.411. The normalized spacial score (nSPS) is 13.4. The van der Waals surface area contributed by atoms with Gasteiger partial charge in [-0.3, -0.25) is 4.79 Å². The molecule has 0 aliphatic rings. The van der Waals surface area contributed by atoms with Crippen molar-refractivity contribution in [2.45, 2.75) is 26.4 Å². The molecule has 0 spiro atoms. The van der Waals surface area contributed by atoms with E-state index in [1.54, 1.807) is 4.90 Å². The smallest absolute Gasteiger partial charge is 0.234 e. The molecule has 0 aromatic heterocycles. The SMILES string of the molecule is CC(C)CC(O)CNC(=O)CN(C)C. The van der Waals surface area contributed by atoms with Crippen LogP contribution in [-0.2, 0) is 4.79 Å². The van der Waals surface area contributed by atoms with Crippen LogP contribution in [0.25, 0.3) is 0 Å². The number of nitrogens with one attached hydrogen (secondary N) is 1. The quantitative estimate of drug-likeness (QED) is 0.641. The number of aliphatic hydroxyl groups excluding tert-OH is 1. The van der Waals surface area contributed by atoms with Gasteiger partial charge in [0.05, 0.1) is 12.6 Å². The molecule has 0 rings (SSSR count). The fraction of sp³-hybridized carbons (Fsp3) is 0.900. The zero-order valence-corrected chi connectivity index (χ0v) is 9.58. The summed E-state index contributed by atoms with van der Waals surface area (Å²) in [6.45, 7) is 4.81. The lowest BCUT2D eigenvalue weighted by molar-refractivity contribution is -0.122. The highest BCUT2D eigenvalue weighted by Crippen LogP contribution is 2.02. The Balaban J connectivity index is 3.56. The lowest BCUT2D eigenvalue weighted by Gasteiger charge is -2.15. The molecule has 2 N–H and O–H groups in total. The van der Waals surface area contributed by atoms with Crippen LogP contribution in [0, 0.1) is 5.92 Å². The largest absolute Gasteiger partial charge is 0.391 e. The van der Waals surface area contributed by atoms with Crippen molar-refractivity contribution in [1.82, 2.24) is 10.2 Å². The number of rotatable bonds is 6. The second kappa shape index (κ2) is 6.79. The van der Waals surface area contributed by atoms with Gasteiger partial charge in [-0.25, -0.2) is 0 Å². The molecule has 1 unspecified atom stereocenters. The van der Waals surface area contributed by atoms with Gasteiger partial charge < -0.3 is 15.3 Å². The second-order valence-electron chi connectivity index (χ2n) is 4.33. The first-order chi connectivity index (χ1) is 6.41. The number of likely N-dealkylation sites (N-methyl/N-ethyl adjacent to an activating group) is 1. The summed E-state index contributed by atoms with van der Waals surface area (Å²) < 4.78 is 0. The molecule has 0 saturated carbocycles. The van der Waals surface area contributed by atoms with E-state index in [4.69, 9.17) is 0 Å². The van der Waals surface area contributed by atoms with Crippen molar-refractivity contribution in [3.8, 4) is 0 Å². The van der Waals surface area contributed by atoms with Gasteiger partial charge in [-0.1, -0.05) is 13.8 Å². The van der Waals surface area contributed by atoms with E-state index in [2.05, 4.69) is 5.32 Å². The second-order valence-corrected chi connectivity index (χ2v) is 4.33. The maximum Gasteiger partial charge on any atom is 0.234 e. The number of aliphatic hydroxyl groups is 1. The summed E-state index contributed by atoms with van der Waals surface area (Å²) in [6, 6.07) is 0. The summed E-state index contributed by atoms with van der Waals surface area (Å²) in [4.78, 5) is 13.0. The number of carbonyl (C=O) groups excluding carboxylic acids is 1. The van der Waals surface area contributed by atoms with Gasteiger partial charge >= 0.3 is 0 Å². The number of nitrogens with zero attached hydrogens (tertiary/aromatic N) is 1. The molecule has 0 aromatic carbocycles. The number of carbonyl (C=O) groups is 1. The molecule has 0 saturated heterocycles. The maximum atomic E-state index is 11.2. The van der Waals surface area contributed by atoms with Crippen LogP contribution >= 0.6 is 0 Å². The van der Waals surface area contributed by atoms with Gasteiger partial charge in [0.25, 0.3) is 0 Å². The summed E-state index contributed by atoms with van der Waals surface area (Å²) in [5.41, 5.74) is 0. The minimum atomic E-state index is -0.430. The van der Waals surface area contributed by atoms with E-state index in [-0.39, 0.29) is 5.91 Å². The number of hydrogen-bond acceptors (Lipinski definition) is 3. The maximum absolute atomic E-state index is 11.2. The molecule has 0 aromatic rings. The van der Waals surface area contributed by atoms with E-state index < -0.39 is 6.10 Å². The third kappa shape index (κ3) is 8.01. The Morgan fingerprint density at radius 3 is 2.43 bits per heavy atom. The Bertz CT molecular complexity index is 170. The lowest BCUT2D eigenvalue weighted by Crippen LogP contribution is -2.38. The molecule has 1 amide bonds. The predicted molar refractivity (Wildman–Crippen MR) is 57.0 cm³/mol. The number of amides is 1. The van der Waals surface area contributed by atoms with E-state index in [1.807, 2.05) is 27.9 Å². The van der Waals surface area contributed by atoms with Crippen molar-refractivity contribution in [2.75, 3.05) is 27.2 Å². The van der Waals surface area contributed by atoms with Gasteiger partial charge in [-0.15, -0.1) is 0 Å². The molecule has 0 bridgehead atoms. The Labute approximate surface area is 86.3 Å². The molecule has 14 heavy (non-hydrogen) atoms. The van der Waals surface area contributed by atoms with E-state index in [0.29, 0.717) is 19.0 Å². The van der Waals surface area contributed by atoms with Gasteiger partial charge in [0.2, 0.25) is 5.91 Å². The molecule has 0 radical (unpaired) electrons. The standard InChI is InChI=1S/C10H22N2O2/c1-8(2)5-9(13)6-11-10(14)7-12(3)4/h8-9,13H,5-7H2,1-4H3,(H,11,14). The molecule has 84 valence electrons. The highest BCUT2D eigenvalue weighted by atomic mass is 16.3. The topological polar surface area (TPSA) is 52.6 Å². The highest BCUT2D eigenvalue weighted by molar-refractivity contribution is 5.77. The molecular weight excluding hydrogens is 180 g/mol. The van der Waals surface area contributed by atoms with Crippen molar-refractivity contribution in [3.63, 3.8) is 0 Å². The molecule has 1 atom stereocenters. The molecule has 0 aliphatic heterocycles. The van der Waals surface area contributed by atoms with E-state index in [0.717, 1.165) is 6.42 Å². The summed E-state index contributed by atoms with van der Waals surface area (Å²) in [5, 5.41) is 12.2. The predicted octanol–water partition coefficient (Wildman–Crippen LogP) is 0.0712. The minimum Gasteiger partial charge on any atom is -0.391 e. The van der Waals surface area contributed by atoms with E-state index in [9.17, 15) is 9.90 Å². The van der Waals surface area contributed by atoms with Crippen molar-refractivity contribution in [1.29, 1.82) is 0 Å². The first-order valence-corrected chi connectivity index (χ1v) is 5.01. The van der Waals surface area contributed by atoms with Gasteiger partial charge in [0.1, 0.15) is 0 Å². The Morgan fingerprint density at radius 1 is 1.43 bits per heavy atom. The lowest BCUT2D eigenvalue weighted by atomic mass is 10.1. The van der Waals surface area contributed by atoms with E-state index >= 15 is 0 Å². The van der Waals surface area contributed by atoms with Gasteiger partial charge in [0, 0.05) is 6.54 Å². The van der Waals surface area contributed by atoms with Crippen molar-refractivity contribution >= 4 is 5.91 Å². The van der Waals surface area contributed by atoms with E-state index in [1.165, 1.54) is 0 Å². The van der Waals surface area contributed by atoms with Crippen LogP contribution in [0.2, 0.25) is 0 Å². The number of hydrogen-bond donors (Lipinski definition) is 2. The van der Waals surface area contributed by atoms with Crippen LogP contribution in [0.4, 0.5) is 0 Å². The first-order valence-electron chi connectivity index (χ1n) is 5.01. The van der Waals surface area contributed by atoms with Crippen LogP contribution in [0.15, 0.2) is 0 Å². The highest BCUT2D eigenvalue weighted by Gasteiger charge is 2.09. The first kappa shape index (κ1) is 13.4. The molecule has 0 aliphatic carbocycles. The third-order valence-electron chi connectivity index (χ3n) is 1.74.